The van der Waals surface area contributed by atoms with Crippen molar-refractivity contribution in [2.75, 3.05) is 6.61 Å². The molecule has 1 fully saturated rings. The first-order valence-electron chi connectivity index (χ1n) is 10.4. The zero-order valence-electron chi connectivity index (χ0n) is 17.7. The van der Waals surface area contributed by atoms with Gasteiger partial charge in [0.15, 0.2) is 5.16 Å². The summed E-state index contributed by atoms with van der Waals surface area (Å²) in [5, 5.41) is 11.6. The monoisotopic (exact) mass is 449 g/mol. The number of aryl methyl sites for hydroxylation is 1. The molecule has 10 heteroatoms. The minimum absolute atomic E-state index is 0.0605. The number of nitrogens with one attached hydrogen (secondary N) is 1. The molecule has 0 saturated carbocycles. The standard InChI is InChI=1S/C21H28FN5O3S/c1-13(15-5-7-16(22)8-6-15)24-20(29)14(2)31-21-26-25-19(10-9-18(23)28)27(21)12-17-4-3-11-30-17/h5-8,13-14,17H,3-4,9-12H2,1-2H3,(H2,23,28)(H,24,29). The largest absolute Gasteiger partial charge is 0.376 e. The molecular weight excluding hydrogens is 421 g/mol. The highest BCUT2D eigenvalue weighted by Crippen LogP contribution is 2.26. The van der Waals surface area contributed by atoms with Gasteiger partial charge in [-0.3, -0.25) is 9.59 Å². The molecule has 168 valence electrons. The molecule has 2 heterocycles. The van der Waals surface area contributed by atoms with Crippen molar-refractivity contribution in [3.8, 4) is 0 Å². The number of rotatable bonds is 10. The number of ether oxygens (including phenoxy) is 1. The first-order valence-corrected chi connectivity index (χ1v) is 11.3. The van der Waals surface area contributed by atoms with Crippen molar-refractivity contribution in [1.82, 2.24) is 20.1 Å². The van der Waals surface area contributed by atoms with Crippen molar-refractivity contribution in [2.45, 2.75) is 68.6 Å². The number of benzene rings is 1. The summed E-state index contributed by atoms with van der Waals surface area (Å²) >= 11 is 1.30. The number of nitrogens with zero attached hydrogens (tertiary/aromatic N) is 3. The normalized spacial score (nSPS) is 18.0. The van der Waals surface area contributed by atoms with Gasteiger partial charge in [-0.25, -0.2) is 4.39 Å². The van der Waals surface area contributed by atoms with Gasteiger partial charge in [0, 0.05) is 19.4 Å². The lowest BCUT2D eigenvalue weighted by molar-refractivity contribution is -0.121. The zero-order valence-corrected chi connectivity index (χ0v) is 18.5. The van der Waals surface area contributed by atoms with Gasteiger partial charge in [0.1, 0.15) is 11.6 Å². The molecule has 3 N–H and O–H groups in total. The van der Waals surface area contributed by atoms with Crippen LogP contribution in [0.15, 0.2) is 29.4 Å². The quantitative estimate of drug-likeness (QED) is 0.539. The fraction of sp³-hybridized carbons (Fsp3) is 0.524. The van der Waals surface area contributed by atoms with E-state index in [0.29, 0.717) is 23.9 Å². The predicted molar refractivity (Wildman–Crippen MR) is 115 cm³/mol. The Morgan fingerprint density at radius 1 is 1.32 bits per heavy atom. The van der Waals surface area contributed by atoms with Crippen LogP contribution in [0.5, 0.6) is 0 Å². The average Bonchev–Trinajstić information content (AvgIpc) is 3.37. The van der Waals surface area contributed by atoms with Crippen LogP contribution >= 0.6 is 11.8 Å². The molecule has 0 bridgehead atoms. The number of carbonyl (C=O) groups excluding carboxylic acids is 2. The SMILES string of the molecule is CC(Sc1nnc(CCC(N)=O)n1CC1CCCO1)C(=O)NC(C)c1ccc(F)cc1. The molecule has 1 saturated heterocycles. The number of amides is 2. The van der Waals surface area contributed by atoms with Gasteiger partial charge in [-0.15, -0.1) is 10.2 Å². The van der Waals surface area contributed by atoms with E-state index in [0.717, 1.165) is 25.0 Å². The van der Waals surface area contributed by atoms with E-state index in [9.17, 15) is 14.0 Å². The first kappa shape index (κ1) is 23.2. The minimum atomic E-state index is -0.431. The van der Waals surface area contributed by atoms with Crippen LogP contribution < -0.4 is 11.1 Å². The van der Waals surface area contributed by atoms with Crippen molar-refractivity contribution in [1.29, 1.82) is 0 Å². The van der Waals surface area contributed by atoms with E-state index < -0.39 is 11.2 Å². The van der Waals surface area contributed by atoms with Crippen molar-refractivity contribution >= 4 is 23.6 Å². The van der Waals surface area contributed by atoms with Crippen molar-refractivity contribution in [3.05, 3.63) is 41.5 Å². The Morgan fingerprint density at radius 2 is 2.06 bits per heavy atom. The van der Waals surface area contributed by atoms with Crippen LogP contribution in [0.4, 0.5) is 4.39 Å². The third-order valence-corrected chi connectivity index (χ3v) is 6.26. The molecular formula is C21H28FN5O3S. The smallest absolute Gasteiger partial charge is 0.233 e. The van der Waals surface area contributed by atoms with Crippen LogP contribution in [-0.4, -0.2) is 44.5 Å². The highest BCUT2D eigenvalue weighted by atomic mass is 32.2. The van der Waals surface area contributed by atoms with Crippen LogP contribution in [0.2, 0.25) is 0 Å². The maximum Gasteiger partial charge on any atom is 0.233 e. The van der Waals surface area contributed by atoms with Crippen LogP contribution in [0.3, 0.4) is 0 Å². The van der Waals surface area contributed by atoms with Gasteiger partial charge in [0.25, 0.3) is 0 Å². The summed E-state index contributed by atoms with van der Waals surface area (Å²) in [6, 6.07) is 5.80. The fourth-order valence-corrected chi connectivity index (χ4v) is 4.27. The summed E-state index contributed by atoms with van der Waals surface area (Å²) in [7, 11) is 0. The molecule has 1 aliphatic rings. The van der Waals surface area contributed by atoms with E-state index >= 15 is 0 Å². The second kappa shape index (κ2) is 10.7. The van der Waals surface area contributed by atoms with E-state index in [4.69, 9.17) is 10.5 Å². The van der Waals surface area contributed by atoms with Gasteiger partial charge < -0.3 is 20.4 Å². The lowest BCUT2D eigenvalue weighted by Gasteiger charge is -2.19. The number of nitrogens with two attached hydrogens (primary N) is 1. The molecule has 3 unspecified atom stereocenters. The molecule has 3 atom stereocenters. The third kappa shape index (κ3) is 6.51. The third-order valence-electron chi connectivity index (χ3n) is 5.18. The van der Waals surface area contributed by atoms with E-state index in [1.165, 1.54) is 23.9 Å². The van der Waals surface area contributed by atoms with Crippen LogP contribution in [0.1, 0.15) is 50.5 Å². The van der Waals surface area contributed by atoms with Crippen LogP contribution in [0, 0.1) is 5.82 Å². The minimum Gasteiger partial charge on any atom is -0.376 e. The maximum atomic E-state index is 13.1. The van der Waals surface area contributed by atoms with E-state index in [2.05, 4.69) is 15.5 Å². The number of halogens is 1. The predicted octanol–water partition coefficient (Wildman–Crippen LogP) is 2.37. The second-order valence-electron chi connectivity index (χ2n) is 7.65. The maximum absolute atomic E-state index is 13.1. The number of thioether (sulfide) groups is 1. The lowest BCUT2D eigenvalue weighted by atomic mass is 10.1. The topological polar surface area (TPSA) is 112 Å². The lowest BCUT2D eigenvalue weighted by Crippen LogP contribution is -2.33. The fourth-order valence-electron chi connectivity index (χ4n) is 3.38. The van der Waals surface area contributed by atoms with Gasteiger partial charge in [-0.2, -0.15) is 0 Å². The molecule has 31 heavy (non-hydrogen) atoms. The van der Waals surface area contributed by atoms with E-state index in [1.54, 1.807) is 19.1 Å². The van der Waals surface area contributed by atoms with E-state index in [-0.39, 0.29) is 30.3 Å². The van der Waals surface area contributed by atoms with Crippen LogP contribution in [-0.2, 0) is 27.3 Å². The molecule has 3 rings (SSSR count). The number of hydrogen-bond acceptors (Lipinski definition) is 6. The number of aromatic nitrogens is 3. The summed E-state index contributed by atoms with van der Waals surface area (Å²) in [6.45, 7) is 4.95. The van der Waals surface area contributed by atoms with Crippen molar-refractivity contribution in [2.24, 2.45) is 5.73 Å². The Kier molecular flexibility index (Phi) is 8.03. The number of carbonyl (C=O) groups is 2. The summed E-state index contributed by atoms with van der Waals surface area (Å²) in [4.78, 5) is 23.9. The average molecular weight is 450 g/mol. The van der Waals surface area contributed by atoms with Gasteiger partial charge >= 0.3 is 0 Å². The van der Waals surface area contributed by atoms with Crippen LogP contribution in [0.25, 0.3) is 0 Å². The first-order chi connectivity index (χ1) is 14.8. The highest BCUT2D eigenvalue weighted by molar-refractivity contribution is 8.00. The summed E-state index contributed by atoms with van der Waals surface area (Å²) < 4.78 is 20.8. The molecule has 2 amide bonds. The second-order valence-corrected chi connectivity index (χ2v) is 8.96. The summed E-state index contributed by atoms with van der Waals surface area (Å²) in [6.07, 6.45) is 2.58. The van der Waals surface area contributed by atoms with Gasteiger partial charge in [-0.1, -0.05) is 23.9 Å². The van der Waals surface area contributed by atoms with E-state index in [1.807, 2.05) is 11.5 Å². The molecule has 0 radical (unpaired) electrons. The molecule has 1 aliphatic heterocycles. The summed E-state index contributed by atoms with van der Waals surface area (Å²) in [5.41, 5.74) is 6.11. The Hall–Kier alpha value is -2.46. The Morgan fingerprint density at radius 3 is 2.71 bits per heavy atom. The molecule has 2 aromatic rings. The van der Waals surface area contributed by atoms with Gasteiger partial charge in [0.2, 0.25) is 11.8 Å². The molecule has 1 aromatic carbocycles. The Labute approximate surface area is 185 Å². The highest BCUT2D eigenvalue weighted by Gasteiger charge is 2.25. The molecule has 8 nitrogen and oxygen atoms in total. The molecule has 1 aromatic heterocycles. The number of primary amides is 1. The number of hydrogen-bond donors (Lipinski definition) is 2. The summed E-state index contributed by atoms with van der Waals surface area (Å²) in [5.74, 6) is -0.219. The van der Waals surface area contributed by atoms with Crippen molar-refractivity contribution < 1.29 is 18.7 Å². The van der Waals surface area contributed by atoms with Gasteiger partial charge in [0.05, 0.1) is 23.9 Å². The Bertz CT molecular complexity index is 899. The molecule has 0 aliphatic carbocycles. The van der Waals surface area contributed by atoms with Gasteiger partial charge in [-0.05, 0) is 44.4 Å². The molecule has 0 spiro atoms. The van der Waals surface area contributed by atoms with Crippen molar-refractivity contribution in [3.63, 3.8) is 0 Å². The Balaban J connectivity index is 1.66. The zero-order chi connectivity index (χ0) is 22.4.